The summed E-state index contributed by atoms with van der Waals surface area (Å²) in [6, 6.07) is 11.3. The minimum Gasteiger partial charge on any atom is -0.493 e. The number of ether oxygens (including phenoxy) is 3. The van der Waals surface area contributed by atoms with Gasteiger partial charge in [0.05, 0.1) is 26.2 Å². The molecule has 40 heavy (non-hydrogen) atoms. The summed E-state index contributed by atoms with van der Waals surface area (Å²) in [7, 11) is 3.18. The molecular weight excluding hydrogens is 534 g/mol. The molecule has 3 aromatic rings. The van der Waals surface area contributed by atoms with Crippen molar-refractivity contribution in [3.63, 3.8) is 0 Å². The van der Waals surface area contributed by atoms with Crippen molar-refractivity contribution in [1.82, 2.24) is 15.0 Å². The van der Waals surface area contributed by atoms with E-state index in [0.717, 1.165) is 22.3 Å². The van der Waals surface area contributed by atoms with Crippen molar-refractivity contribution in [2.75, 3.05) is 40.4 Å². The number of hydrogen-bond acceptors (Lipinski definition) is 7. The van der Waals surface area contributed by atoms with Gasteiger partial charge in [0.25, 0.3) is 0 Å². The van der Waals surface area contributed by atoms with Gasteiger partial charge in [-0.05, 0) is 29.3 Å². The predicted molar refractivity (Wildman–Crippen MR) is 150 cm³/mol. The molecule has 3 heterocycles. The van der Waals surface area contributed by atoms with Crippen LogP contribution in [0.25, 0.3) is 11.1 Å². The molecule has 1 aromatic heterocycles. The smallest absolute Gasteiger partial charge is 0.225 e. The van der Waals surface area contributed by atoms with Gasteiger partial charge in [-0.25, -0.2) is 0 Å². The first-order valence-electron chi connectivity index (χ1n) is 13.4. The highest BCUT2D eigenvalue weighted by atomic mass is 35.5. The lowest BCUT2D eigenvalue weighted by Gasteiger charge is -2.35. The number of carbonyl (C=O) groups excluding carboxylic acids is 2. The number of amides is 2. The lowest BCUT2D eigenvalue weighted by atomic mass is 9.90. The fourth-order valence-electron chi connectivity index (χ4n) is 5.54. The highest BCUT2D eigenvalue weighted by molar-refractivity contribution is 6.30. The molecule has 0 aliphatic carbocycles. The number of nitrogens with zero attached hydrogens (tertiary/aromatic N) is 3. The number of piperazine rings is 1. The van der Waals surface area contributed by atoms with Crippen LogP contribution in [-0.4, -0.2) is 67.2 Å². The van der Waals surface area contributed by atoms with Gasteiger partial charge in [0, 0.05) is 49.6 Å². The standard InChI is InChI=1S/C30H34ClN3O6/c1-17(2)28-26-20-10-9-19(31)15-22(20)29(21-7-6-8-23(37-4)30(21)38-5)39-24(27(26)32-40-28)16-25(36)34-13-11-33(12-14-34)18(3)35/h6-10,15,17,24,29H,11-14,16H2,1-5H3. The molecule has 5 rings (SSSR count). The number of carbonyl (C=O) groups is 2. The van der Waals surface area contributed by atoms with E-state index in [2.05, 4.69) is 5.16 Å². The lowest BCUT2D eigenvalue weighted by Crippen LogP contribution is -2.50. The van der Waals surface area contributed by atoms with E-state index in [-0.39, 0.29) is 24.2 Å². The zero-order valence-electron chi connectivity index (χ0n) is 23.4. The molecule has 2 unspecified atom stereocenters. The van der Waals surface area contributed by atoms with Crippen LogP contribution in [0.2, 0.25) is 5.02 Å². The summed E-state index contributed by atoms with van der Waals surface area (Å²) in [4.78, 5) is 28.9. The SMILES string of the molecule is COc1cccc(C2OC(CC(=O)N3CCN(C(C)=O)CC3)c3noc(C(C)C)c3-c3ccc(Cl)cc32)c1OC. The van der Waals surface area contributed by atoms with E-state index >= 15 is 0 Å². The second-order valence-electron chi connectivity index (χ2n) is 10.4. The van der Waals surface area contributed by atoms with Crippen molar-refractivity contribution in [3.8, 4) is 22.6 Å². The van der Waals surface area contributed by atoms with Gasteiger partial charge in [-0.1, -0.05) is 48.8 Å². The van der Waals surface area contributed by atoms with Crippen LogP contribution in [0.3, 0.4) is 0 Å². The number of fused-ring (bicyclic) bond motifs is 3. The van der Waals surface area contributed by atoms with E-state index in [4.69, 9.17) is 30.3 Å². The topological polar surface area (TPSA) is 94.3 Å². The first kappa shape index (κ1) is 28.0. The summed E-state index contributed by atoms with van der Waals surface area (Å²) in [6.07, 6.45) is -1.29. The normalized spacial score (nSPS) is 18.7. The molecule has 1 saturated heterocycles. The fraction of sp³-hybridized carbons (Fsp3) is 0.433. The Morgan fingerprint density at radius 2 is 1.77 bits per heavy atom. The number of methoxy groups -OCH3 is 2. The maximum atomic E-state index is 13.6. The van der Waals surface area contributed by atoms with Crippen molar-refractivity contribution in [2.24, 2.45) is 0 Å². The quantitative estimate of drug-likeness (QED) is 0.395. The van der Waals surface area contributed by atoms with Crippen LogP contribution in [0.15, 0.2) is 40.9 Å². The molecule has 2 aliphatic heterocycles. The number of halogens is 1. The molecule has 9 nitrogen and oxygen atoms in total. The van der Waals surface area contributed by atoms with Crippen LogP contribution in [-0.2, 0) is 14.3 Å². The van der Waals surface area contributed by atoms with E-state index in [1.54, 1.807) is 30.9 Å². The average molecular weight is 568 g/mol. The third-order valence-electron chi connectivity index (χ3n) is 7.59. The Morgan fingerprint density at radius 3 is 2.42 bits per heavy atom. The average Bonchev–Trinajstić information content (AvgIpc) is 3.35. The Balaban J connectivity index is 1.60. The Bertz CT molecular complexity index is 1410. The van der Waals surface area contributed by atoms with Crippen molar-refractivity contribution in [1.29, 1.82) is 0 Å². The molecule has 2 aliphatic rings. The van der Waals surface area contributed by atoms with Crippen molar-refractivity contribution in [2.45, 2.75) is 45.3 Å². The molecule has 2 amide bonds. The summed E-state index contributed by atoms with van der Waals surface area (Å²) >= 11 is 6.54. The second kappa shape index (κ2) is 11.5. The van der Waals surface area contributed by atoms with E-state index in [9.17, 15) is 9.59 Å². The first-order valence-corrected chi connectivity index (χ1v) is 13.8. The molecule has 0 bridgehead atoms. The largest absolute Gasteiger partial charge is 0.493 e. The maximum absolute atomic E-state index is 13.6. The third kappa shape index (κ3) is 5.15. The van der Waals surface area contributed by atoms with E-state index in [1.807, 2.05) is 50.2 Å². The van der Waals surface area contributed by atoms with Gasteiger partial charge in [0.15, 0.2) is 11.5 Å². The van der Waals surface area contributed by atoms with E-state index in [0.29, 0.717) is 54.2 Å². The third-order valence-corrected chi connectivity index (χ3v) is 7.83. The highest BCUT2D eigenvalue weighted by Crippen LogP contribution is 2.50. The highest BCUT2D eigenvalue weighted by Gasteiger charge is 2.39. The molecule has 0 radical (unpaired) electrons. The lowest BCUT2D eigenvalue weighted by molar-refractivity contribution is -0.141. The van der Waals surface area contributed by atoms with E-state index in [1.165, 1.54) is 0 Å². The van der Waals surface area contributed by atoms with E-state index < -0.39 is 12.2 Å². The van der Waals surface area contributed by atoms with Gasteiger partial charge < -0.3 is 28.5 Å². The number of aromatic nitrogens is 1. The Kier molecular flexibility index (Phi) is 8.05. The van der Waals surface area contributed by atoms with Crippen molar-refractivity contribution >= 4 is 23.4 Å². The van der Waals surface area contributed by atoms with Crippen LogP contribution in [0.1, 0.15) is 67.9 Å². The van der Waals surface area contributed by atoms with Crippen molar-refractivity contribution < 1.29 is 28.3 Å². The Morgan fingerprint density at radius 1 is 1.05 bits per heavy atom. The van der Waals surface area contributed by atoms with Crippen LogP contribution >= 0.6 is 11.6 Å². The minimum absolute atomic E-state index is 0.0131. The molecule has 2 aromatic carbocycles. The molecule has 0 spiro atoms. The molecule has 10 heteroatoms. The van der Waals surface area contributed by atoms with Crippen LogP contribution in [0.4, 0.5) is 0 Å². The minimum atomic E-state index is -0.711. The van der Waals surface area contributed by atoms with Gasteiger partial charge in [-0.2, -0.15) is 0 Å². The monoisotopic (exact) mass is 567 g/mol. The van der Waals surface area contributed by atoms with Gasteiger partial charge >= 0.3 is 0 Å². The molecular formula is C30H34ClN3O6. The van der Waals surface area contributed by atoms with Crippen LogP contribution < -0.4 is 9.47 Å². The molecule has 1 fully saturated rings. The van der Waals surface area contributed by atoms with Crippen LogP contribution in [0.5, 0.6) is 11.5 Å². The molecule has 0 saturated carbocycles. The zero-order valence-corrected chi connectivity index (χ0v) is 24.2. The van der Waals surface area contributed by atoms with Crippen molar-refractivity contribution in [3.05, 3.63) is 64.0 Å². The summed E-state index contributed by atoms with van der Waals surface area (Å²) in [5.74, 6) is 1.80. The zero-order chi connectivity index (χ0) is 28.6. The van der Waals surface area contributed by atoms with Gasteiger partial charge in [-0.15, -0.1) is 0 Å². The fourth-order valence-corrected chi connectivity index (χ4v) is 5.72. The summed E-state index contributed by atoms with van der Waals surface area (Å²) in [5.41, 5.74) is 3.84. The van der Waals surface area contributed by atoms with Gasteiger partial charge in [0.2, 0.25) is 11.8 Å². The number of benzene rings is 2. The molecule has 2 atom stereocenters. The number of rotatable bonds is 6. The molecule has 212 valence electrons. The Labute approximate surface area is 238 Å². The maximum Gasteiger partial charge on any atom is 0.225 e. The summed E-state index contributed by atoms with van der Waals surface area (Å²) < 4.78 is 24.1. The predicted octanol–water partition coefficient (Wildman–Crippen LogP) is 5.38. The number of hydrogen-bond donors (Lipinski definition) is 0. The summed E-state index contributed by atoms with van der Waals surface area (Å²) in [6.45, 7) is 7.58. The van der Waals surface area contributed by atoms with Crippen LogP contribution in [0, 0.1) is 0 Å². The molecule has 0 N–H and O–H groups in total. The van der Waals surface area contributed by atoms with Gasteiger partial charge in [0.1, 0.15) is 23.7 Å². The first-order chi connectivity index (χ1) is 19.2. The number of para-hydroxylation sites is 1. The Hall–Kier alpha value is -3.56. The second-order valence-corrected chi connectivity index (χ2v) is 10.8. The van der Waals surface area contributed by atoms with Gasteiger partial charge in [-0.3, -0.25) is 9.59 Å². The summed E-state index contributed by atoms with van der Waals surface area (Å²) in [5, 5.41) is 5.02.